The van der Waals surface area contributed by atoms with Gasteiger partial charge in [-0.25, -0.2) is 0 Å². The van der Waals surface area contributed by atoms with E-state index in [1.54, 1.807) is 6.20 Å². The van der Waals surface area contributed by atoms with E-state index in [-0.39, 0.29) is 17.4 Å². The van der Waals surface area contributed by atoms with Crippen molar-refractivity contribution in [3.05, 3.63) is 30.1 Å². The lowest BCUT2D eigenvalue weighted by molar-refractivity contribution is -0.129. The van der Waals surface area contributed by atoms with Gasteiger partial charge in [-0.1, -0.05) is 26.8 Å². The molecule has 2 rings (SSSR count). The quantitative estimate of drug-likeness (QED) is 0.870. The molecule has 0 radical (unpaired) electrons. The van der Waals surface area contributed by atoms with Crippen LogP contribution < -0.4 is 5.32 Å². The smallest absolute Gasteiger partial charge is 0.225 e. The van der Waals surface area contributed by atoms with E-state index in [4.69, 9.17) is 0 Å². The van der Waals surface area contributed by atoms with Crippen molar-refractivity contribution >= 4 is 5.91 Å². The molecule has 3 nitrogen and oxygen atoms in total. The van der Waals surface area contributed by atoms with Crippen LogP contribution in [0.2, 0.25) is 0 Å². The minimum atomic E-state index is -0.338. The summed E-state index contributed by atoms with van der Waals surface area (Å²) in [6, 6.07) is 4.10. The molecule has 1 amide bonds. The molecule has 1 N–H and O–H groups in total. The number of carbonyl (C=O) groups is 1. The van der Waals surface area contributed by atoms with Crippen LogP contribution in [0.15, 0.2) is 24.5 Å². The van der Waals surface area contributed by atoms with Crippen molar-refractivity contribution in [3.63, 3.8) is 0 Å². The first kappa shape index (κ1) is 12.1. The number of aromatic nitrogens is 1. The van der Waals surface area contributed by atoms with Crippen molar-refractivity contribution in [3.8, 4) is 0 Å². The fourth-order valence-corrected chi connectivity index (χ4v) is 1.82. The first-order chi connectivity index (χ1) is 7.98. The third-order valence-corrected chi connectivity index (χ3v) is 3.10. The number of nitrogens with one attached hydrogen (secondary N) is 1. The molecule has 1 atom stereocenters. The molecule has 1 aliphatic rings. The summed E-state index contributed by atoms with van der Waals surface area (Å²) >= 11 is 0. The maximum absolute atomic E-state index is 12.0. The average molecular weight is 232 g/mol. The number of hydrogen-bond donors (Lipinski definition) is 1. The molecule has 1 saturated carbocycles. The maximum Gasteiger partial charge on any atom is 0.225 e. The first-order valence-corrected chi connectivity index (χ1v) is 6.19. The van der Waals surface area contributed by atoms with E-state index in [2.05, 4.69) is 10.3 Å². The number of carbonyl (C=O) groups excluding carboxylic acids is 1. The van der Waals surface area contributed by atoms with Gasteiger partial charge in [0.1, 0.15) is 0 Å². The van der Waals surface area contributed by atoms with Crippen molar-refractivity contribution in [2.24, 2.45) is 11.3 Å². The third kappa shape index (κ3) is 3.05. The summed E-state index contributed by atoms with van der Waals surface area (Å²) in [4.78, 5) is 16.2. The molecule has 1 fully saturated rings. The summed E-state index contributed by atoms with van der Waals surface area (Å²) in [6.45, 7) is 5.82. The number of nitrogens with zero attached hydrogens (tertiary/aromatic N) is 1. The highest BCUT2D eigenvalue weighted by Crippen LogP contribution is 2.41. The summed E-state index contributed by atoms with van der Waals surface area (Å²) < 4.78 is 0. The van der Waals surface area contributed by atoms with Gasteiger partial charge in [-0.15, -0.1) is 0 Å². The Kier molecular flexibility index (Phi) is 3.18. The molecule has 1 aromatic rings. The minimum absolute atomic E-state index is 0.109. The Morgan fingerprint density at radius 2 is 2.18 bits per heavy atom. The number of rotatable bonds is 3. The Morgan fingerprint density at radius 1 is 1.47 bits per heavy atom. The second kappa shape index (κ2) is 4.47. The predicted octanol–water partition coefficient (Wildman–Crippen LogP) is 2.70. The highest BCUT2D eigenvalue weighted by molar-refractivity contribution is 5.81. The zero-order valence-electron chi connectivity index (χ0n) is 10.7. The van der Waals surface area contributed by atoms with Crippen molar-refractivity contribution in [1.82, 2.24) is 10.3 Å². The molecule has 3 heteroatoms. The molecule has 1 aliphatic carbocycles. The Bertz CT molecular complexity index is 390. The Morgan fingerprint density at radius 3 is 2.65 bits per heavy atom. The molecule has 0 aromatic carbocycles. The number of amides is 1. The Hall–Kier alpha value is -1.38. The SMILES string of the molecule is CC(C)(C)C(=O)NC(c1cccnc1)C1CC1. The van der Waals surface area contributed by atoms with Gasteiger partial charge in [-0.2, -0.15) is 0 Å². The van der Waals surface area contributed by atoms with Crippen molar-refractivity contribution < 1.29 is 4.79 Å². The zero-order valence-corrected chi connectivity index (χ0v) is 10.7. The second-order valence-electron chi connectivity index (χ2n) is 5.82. The lowest BCUT2D eigenvalue weighted by atomic mass is 9.94. The fraction of sp³-hybridized carbons (Fsp3) is 0.571. The van der Waals surface area contributed by atoms with E-state index in [1.807, 2.05) is 39.1 Å². The first-order valence-electron chi connectivity index (χ1n) is 6.19. The Balaban J connectivity index is 2.12. The second-order valence-corrected chi connectivity index (χ2v) is 5.82. The van der Waals surface area contributed by atoms with Crippen LogP contribution in [0.4, 0.5) is 0 Å². The molecule has 0 spiro atoms. The van der Waals surface area contributed by atoms with Crippen LogP contribution >= 0.6 is 0 Å². The predicted molar refractivity (Wildman–Crippen MR) is 67.3 cm³/mol. The molecule has 0 aliphatic heterocycles. The van der Waals surface area contributed by atoms with E-state index in [0.717, 1.165) is 5.56 Å². The van der Waals surface area contributed by atoms with E-state index in [9.17, 15) is 4.79 Å². The van der Waals surface area contributed by atoms with Crippen molar-refractivity contribution in [2.45, 2.75) is 39.7 Å². The standard InChI is InChI=1S/C14H20N2O/c1-14(2,3)13(17)16-12(10-6-7-10)11-5-4-8-15-9-11/h4-5,8-10,12H,6-7H2,1-3H3,(H,16,17). The summed E-state index contributed by atoms with van der Waals surface area (Å²) in [7, 11) is 0. The molecule has 92 valence electrons. The molecule has 0 bridgehead atoms. The van der Waals surface area contributed by atoms with Gasteiger partial charge in [0, 0.05) is 17.8 Å². The van der Waals surface area contributed by atoms with E-state index in [0.29, 0.717) is 5.92 Å². The van der Waals surface area contributed by atoms with Crippen LogP contribution in [0, 0.1) is 11.3 Å². The van der Waals surface area contributed by atoms with Crippen LogP contribution in [0.1, 0.15) is 45.2 Å². The summed E-state index contributed by atoms with van der Waals surface area (Å²) in [6.07, 6.45) is 6.01. The van der Waals surface area contributed by atoms with Crippen LogP contribution in [0.5, 0.6) is 0 Å². The molecular weight excluding hydrogens is 212 g/mol. The third-order valence-electron chi connectivity index (χ3n) is 3.10. The molecule has 1 unspecified atom stereocenters. The monoisotopic (exact) mass is 232 g/mol. The van der Waals surface area contributed by atoms with Gasteiger partial charge in [0.05, 0.1) is 6.04 Å². The minimum Gasteiger partial charge on any atom is -0.349 e. The van der Waals surface area contributed by atoms with Crippen molar-refractivity contribution in [1.29, 1.82) is 0 Å². The van der Waals surface area contributed by atoms with E-state index >= 15 is 0 Å². The highest BCUT2D eigenvalue weighted by Gasteiger charge is 2.35. The maximum atomic E-state index is 12.0. The van der Waals surface area contributed by atoms with Crippen LogP contribution in [-0.2, 0) is 4.79 Å². The van der Waals surface area contributed by atoms with E-state index in [1.165, 1.54) is 12.8 Å². The number of hydrogen-bond acceptors (Lipinski definition) is 2. The normalized spacial score (nSPS) is 17.6. The molecule has 1 aromatic heterocycles. The molecule has 1 heterocycles. The summed E-state index contributed by atoms with van der Waals surface area (Å²) in [5, 5.41) is 3.16. The van der Waals surface area contributed by atoms with Gasteiger partial charge < -0.3 is 5.32 Å². The van der Waals surface area contributed by atoms with Gasteiger partial charge in [-0.3, -0.25) is 9.78 Å². The lowest BCUT2D eigenvalue weighted by Crippen LogP contribution is -2.38. The molecule has 0 saturated heterocycles. The summed E-state index contributed by atoms with van der Waals surface area (Å²) in [5.74, 6) is 0.698. The van der Waals surface area contributed by atoms with Crippen LogP contribution in [0.25, 0.3) is 0 Å². The number of pyridine rings is 1. The van der Waals surface area contributed by atoms with Gasteiger partial charge >= 0.3 is 0 Å². The van der Waals surface area contributed by atoms with Gasteiger partial charge in [-0.05, 0) is 30.4 Å². The van der Waals surface area contributed by atoms with Gasteiger partial charge in [0.25, 0.3) is 0 Å². The van der Waals surface area contributed by atoms with Gasteiger partial charge in [0.15, 0.2) is 0 Å². The molecular formula is C14H20N2O. The fourth-order valence-electron chi connectivity index (χ4n) is 1.82. The topological polar surface area (TPSA) is 42.0 Å². The zero-order chi connectivity index (χ0) is 12.5. The van der Waals surface area contributed by atoms with Gasteiger partial charge in [0.2, 0.25) is 5.91 Å². The van der Waals surface area contributed by atoms with Crippen molar-refractivity contribution in [2.75, 3.05) is 0 Å². The largest absolute Gasteiger partial charge is 0.349 e. The average Bonchev–Trinajstić information content (AvgIpc) is 3.09. The summed E-state index contributed by atoms with van der Waals surface area (Å²) in [5.41, 5.74) is 0.780. The molecule has 17 heavy (non-hydrogen) atoms. The van der Waals surface area contributed by atoms with Crippen LogP contribution in [0.3, 0.4) is 0 Å². The lowest BCUT2D eigenvalue weighted by Gasteiger charge is -2.24. The highest BCUT2D eigenvalue weighted by atomic mass is 16.2. The van der Waals surface area contributed by atoms with Crippen LogP contribution in [-0.4, -0.2) is 10.9 Å². The van der Waals surface area contributed by atoms with E-state index < -0.39 is 0 Å². The Labute approximate surface area is 103 Å².